The lowest BCUT2D eigenvalue weighted by atomic mass is 10.1. The molecule has 0 radical (unpaired) electrons. The average Bonchev–Trinajstić information content (AvgIpc) is 2.59. The summed E-state index contributed by atoms with van der Waals surface area (Å²) in [7, 11) is -6.36. The van der Waals surface area contributed by atoms with Crippen LogP contribution in [-0.2, 0) is 20.0 Å². The Labute approximate surface area is 151 Å². The molecule has 0 saturated heterocycles. The molecule has 0 spiro atoms. The molecule has 1 unspecified atom stereocenters. The van der Waals surface area contributed by atoms with Crippen LogP contribution in [0.25, 0.3) is 0 Å². The molecule has 2 rings (SSSR count). The van der Waals surface area contributed by atoms with Gasteiger partial charge in [-0.05, 0) is 36.8 Å². The van der Waals surface area contributed by atoms with Gasteiger partial charge in [0.25, 0.3) is 5.69 Å². The monoisotopic (exact) mass is 399 g/mol. The number of nitro benzene ring substituents is 1. The van der Waals surface area contributed by atoms with E-state index in [0.717, 1.165) is 16.4 Å². The smallest absolute Gasteiger partial charge is 0.258 e. The van der Waals surface area contributed by atoms with Gasteiger partial charge in [-0.15, -0.1) is 0 Å². The Kier molecular flexibility index (Phi) is 5.47. The van der Waals surface area contributed by atoms with Crippen LogP contribution < -0.4 is 5.14 Å². The lowest BCUT2D eigenvalue weighted by molar-refractivity contribution is -0.384. The van der Waals surface area contributed by atoms with Crippen molar-refractivity contribution in [3.05, 3.63) is 64.2 Å². The fourth-order valence-corrected chi connectivity index (χ4v) is 4.13. The third-order valence-corrected chi connectivity index (χ3v) is 6.83. The summed E-state index contributed by atoms with van der Waals surface area (Å²) in [5, 5.41) is 15.7. The van der Waals surface area contributed by atoms with Crippen molar-refractivity contribution in [1.82, 2.24) is 4.31 Å². The van der Waals surface area contributed by atoms with Crippen molar-refractivity contribution in [3.63, 3.8) is 0 Å². The Morgan fingerprint density at radius 1 is 0.962 bits per heavy atom. The predicted octanol–water partition coefficient (Wildman–Crippen LogP) is 1.62. The molecule has 0 aliphatic carbocycles. The minimum atomic E-state index is -3.90. The molecule has 2 aromatic rings. The first kappa shape index (κ1) is 20.0. The fourth-order valence-electron chi connectivity index (χ4n) is 2.26. The highest BCUT2D eigenvalue weighted by atomic mass is 32.2. The van der Waals surface area contributed by atoms with E-state index in [9.17, 15) is 26.9 Å². The maximum absolute atomic E-state index is 12.7. The zero-order chi connectivity index (χ0) is 19.7. The highest BCUT2D eigenvalue weighted by molar-refractivity contribution is 7.89. The molecule has 0 amide bonds. The summed E-state index contributed by atoms with van der Waals surface area (Å²) in [5.74, 6) is 0. The first-order chi connectivity index (χ1) is 11.9. The van der Waals surface area contributed by atoms with Crippen LogP contribution in [0.2, 0.25) is 0 Å². The van der Waals surface area contributed by atoms with Gasteiger partial charge in [-0.1, -0.05) is 12.1 Å². The summed E-state index contributed by atoms with van der Waals surface area (Å²) in [6, 6.07) is 9.52. The summed E-state index contributed by atoms with van der Waals surface area (Å²) in [6.45, 7) is 1.63. The lowest BCUT2D eigenvalue weighted by Gasteiger charge is -2.24. The van der Waals surface area contributed by atoms with Gasteiger partial charge < -0.3 is 0 Å². The zero-order valence-electron chi connectivity index (χ0n) is 13.9. The van der Waals surface area contributed by atoms with Crippen LogP contribution in [0.3, 0.4) is 0 Å². The highest BCUT2D eigenvalue weighted by Crippen LogP contribution is 2.27. The molecule has 11 heteroatoms. The van der Waals surface area contributed by atoms with Gasteiger partial charge in [-0.3, -0.25) is 10.1 Å². The van der Waals surface area contributed by atoms with Gasteiger partial charge in [0, 0.05) is 25.2 Å². The number of benzene rings is 2. The third kappa shape index (κ3) is 4.07. The molecule has 2 N–H and O–H groups in total. The Bertz CT molecular complexity index is 1020. The molecular formula is C15H17N3O6S2. The van der Waals surface area contributed by atoms with Crippen molar-refractivity contribution in [2.45, 2.75) is 22.8 Å². The van der Waals surface area contributed by atoms with Crippen LogP contribution in [0.1, 0.15) is 18.5 Å². The van der Waals surface area contributed by atoms with Gasteiger partial charge in [-0.2, -0.15) is 4.31 Å². The van der Waals surface area contributed by atoms with E-state index >= 15 is 0 Å². The molecule has 0 aromatic heterocycles. The number of primary sulfonamides is 1. The molecule has 0 bridgehead atoms. The normalized spacial score (nSPS) is 13.5. The molecule has 2 aromatic carbocycles. The van der Waals surface area contributed by atoms with Crippen LogP contribution in [-0.4, -0.2) is 33.1 Å². The van der Waals surface area contributed by atoms with Crippen molar-refractivity contribution in [1.29, 1.82) is 0 Å². The van der Waals surface area contributed by atoms with E-state index in [1.807, 2.05) is 0 Å². The molecule has 0 heterocycles. The van der Waals surface area contributed by atoms with Crippen molar-refractivity contribution in [2.75, 3.05) is 7.05 Å². The molecule has 9 nitrogen and oxygen atoms in total. The van der Waals surface area contributed by atoms with Crippen LogP contribution in [0, 0.1) is 10.1 Å². The van der Waals surface area contributed by atoms with Crippen molar-refractivity contribution >= 4 is 25.7 Å². The zero-order valence-corrected chi connectivity index (χ0v) is 15.6. The predicted molar refractivity (Wildman–Crippen MR) is 94.3 cm³/mol. The standard InChI is InChI=1S/C15H17N3O6S2/c1-11(12-3-7-14(8-4-12)25(16,21)22)17(2)26(23,24)15-9-5-13(6-10-15)18(19)20/h3-11H,1-2H3,(H2,16,21,22). The molecule has 0 fully saturated rings. The molecule has 26 heavy (non-hydrogen) atoms. The molecule has 1 atom stereocenters. The second-order valence-corrected chi connectivity index (χ2v) is 9.12. The van der Waals surface area contributed by atoms with Crippen molar-refractivity contribution in [2.24, 2.45) is 5.14 Å². The summed E-state index contributed by atoms with van der Waals surface area (Å²) >= 11 is 0. The van der Waals surface area contributed by atoms with Crippen molar-refractivity contribution in [3.8, 4) is 0 Å². The Hall–Kier alpha value is -2.34. The van der Waals surface area contributed by atoms with E-state index in [1.165, 1.54) is 43.4 Å². The van der Waals surface area contributed by atoms with Gasteiger partial charge in [0.05, 0.1) is 14.7 Å². The first-order valence-electron chi connectivity index (χ1n) is 7.30. The van der Waals surface area contributed by atoms with Gasteiger partial charge in [0.15, 0.2) is 0 Å². The number of rotatable bonds is 6. The van der Waals surface area contributed by atoms with Crippen LogP contribution in [0.5, 0.6) is 0 Å². The first-order valence-corrected chi connectivity index (χ1v) is 10.3. The highest BCUT2D eigenvalue weighted by Gasteiger charge is 2.27. The second-order valence-electron chi connectivity index (χ2n) is 5.56. The number of nitrogens with two attached hydrogens (primary N) is 1. The van der Waals surface area contributed by atoms with Crippen LogP contribution in [0.4, 0.5) is 5.69 Å². The number of sulfonamides is 2. The lowest BCUT2D eigenvalue weighted by Crippen LogP contribution is -2.29. The summed E-state index contributed by atoms with van der Waals surface area (Å²) in [5.41, 5.74) is 0.351. The summed E-state index contributed by atoms with van der Waals surface area (Å²) in [4.78, 5) is 9.91. The van der Waals surface area contributed by atoms with E-state index < -0.39 is 31.0 Å². The molecule has 0 aliphatic rings. The number of hydrogen-bond donors (Lipinski definition) is 1. The minimum Gasteiger partial charge on any atom is -0.258 e. The number of nitro groups is 1. The van der Waals surface area contributed by atoms with Gasteiger partial charge in [-0.25, -0.2) is 22.0 Å². The fraction of sp³-hybridized carbons (Fsp3) is 0.200. The molecular weight excluding hydrogens is 382 g/mol. The maximum atomic E-state index is 12.7. The summed E-state index contributed by atoms with van der Waals surface area (Å²) < 4.78 is 49.1. The van der Waals surface area contributed by atoms with E-state index in [-0.39, 0.29) is 15.5 Å². The van der Waals surface area contributed by atoms with E-state index in [1.54, 1.807) is 6.92 Å². The third-order valence-electron chi connectivity index (χ3n) is 3.96. The van der Waals surface area contributed by atoms with E-state index in [2.05, 4.69) is 0 Å². The summed E-state index contributed by atoms with van der Waals surface area (Å²) in [6.07, 6.45) is 0. The van der Waals surface area contributed by atoms with E-state index in [4.69, 9.17) is 5.14 Å². The topological polar surface area (TPSA) is 141 Å². The van der Waals surface area contributed by atoms with Gasteiger partial charge >= 0.3 is 0 Å². The van der Waals surface area contributed by atoms with Gasteiger partial charge in [0.2, 0.25) is 20.0 Å². The Morgan fingerprint density at radius 2 is 1.42 bits per heavy atom. The second kappa shape index (κ2) is 7.11. The average molecular weight is 399 g/mol. The minimum absolute atomic E-state index is 0.0747. The number of nitrogens with zero attached hydrogens (tertiary/aromatic N) is 2. The Balaban J connectivity index is 2.30. The largest absolute Gasteiger partial charge is 0.269 e. The Morgan fingerprint density at radius 3 is 1.85 bits per heavy atom. The van der Waals surface area contributed by atoms with Crippen LogP contribution in [0.15, 0.2) is 58.3 Å². The number of hydrogen-bond acceptors (Lipinski definition) is 6. The quantitative estimate of drug-likeness (QED) is 0.578. The maximum Gasteiger partial charge on any atom is 0.269 e. The van der Waals surface area contributed by atoms with Gasteiger partial charge in [0.1, 0.15) is 0 Å². The van der Waals surface area contributed by atoms with Crippen LogP contribution >= 0.6 is 0 Å². The molecule has 140 valence electrons. The molecule has 0 saturated carbocycles. The van der Waals surface area contributed by atoms with E-state index in [0.29, 0.717) is 5.56 Å². The number of non-ortho nitro benzene ring substituents is 1. The van der Waals surface area contributed by atoms with Crippen molar-refractivity contribution < 1.29 is 21.8 Å². The molecule has 0 aliphatic heterocycles. The SMILES string of the molecule is CC(c1ccc(S(N)(=O)=O)cc1)N(C)S(=O)(=O)c1ccc([N+](=O)[O-])cc1.